The zero-order chi connectivity index (χ0) is 14.8. The van der Waals surface area contributed by atoms with Crippen LogP contribution in [0.3, 0.4) is 0 Å². The largest absolute Gasteiger partial charge is 0.380 e. The standard InChI is InChI=1S/C15H18N6/c1-10-14(11(2)20-19-10)9-17-13-4-5-15(18-8-13)21-7-6-16-12(21)3/h4-8,17H,9H2,1-3H3,(H,19,20). The lowest BCUT2D eigenvalue weighted by molar-refractivity contribution is 0.932. The molecule has 0 bridgehead atoms. The van der Waals surface area contributed by atoms with Crippen LogP contribution in [-0.4, -0.2) is 24.7 Å². The van der Waals surface area contributed by atoms with Crippen LogP contribution in [0.1, 0.15) is 22.8 Å². The van der Waals surface area contributed by atoms with Crippen LogP contribution in [-0.2, 0) is 6.54 Å². The molecular weight excluding hydrogens is 264 g/mol. The summed E-state index contributed by atoms with van der Waals surface area (Å²) in [7, 11) is 0. The Labute approximate surface area is 123 Å². The van der Waals surface area contributed by atoms with E-state index in [2.05, 4.69) is 25.5 Å². The van der Waals surface area contributed by atoms with Crippen molar-refractivity contribution in [1.29, 1.82) is 0 Å². The number of aromatic nitrogens is 5. The van der Waals surface area contributed by atoms with Gasteiger partial charge in [0.05, 0.1) is 17.6 Å². The topological polar surface area (TPSA) is 71.4 Å². The molecule has 2 N–H and O–H groups in total. The molecule has 108 valence electrons. The van der Waals surface area contributed by atoms with Gasteiger partial charge >= 0.3 is 0 Å². The summed E-state index contributed by atoms with van der Waals surface area (Å²) >= 11 is 0. The second kappa shape index (κ2) is 5.40. The van der Waals surface area contributed by atoms with Gasteiger partial charge in [0, 0.05) is 30.2 Å². The third-order valence-corrected chi connectivity index (χ3v) is 3.57. The van der Waals surface area contributed by atoms with Gasteiger partial charge in [0.15, 0.2) is 0 Å². The molecule has 3 aromatic heterocycles. The maximum absolute atomic E-state index is 4.46. The number of aromatic amines is 1. The summed E-state index contributed by atoms with van der Waals surface area (Å²) in [5, 5.41) is 10.6. The van der Waals surface area contributed by atoms with Crippen molar-refractivity contribution < 1.29 is 0 Å². The summed E-state index contributed by atoms with van der Waals surface area (Å²) in [5.74, 6) is 1.79. The Bertz CT molecular complexity index is 718. The van der Waals surface area contributed by atoms with Crippen LogP contribution in [0.4, 0.5) is 5.69 Å². The lowest BCUT2D eigenvalue weighted by atomic mass is 10.2. The Morgan fingerprint density at radius 3 is 2.62 bits per heavy atom. The number of aryl methyl sites for hydroxylation is 3. The van der Waals surface area contributed by atoms with Crippen molar-refractivity contribution in [1.82, 2.24) is 24.7 Å². The second-order valence-electron chi connectivity index (χ2n) is 5.02. The molecule has 21 heavy (non-hydrogen) atoms. The van der Waals surface area contributed by atoms with Crippen LogP contribution in [0.2, 0.25) is 0 Å². The van der Waals surface area contributed by atoms with Crippen LogP contribution in [0.5, 0.6) is 0 Å². The van der Waals surface area contributed by atoms with Gasteiger partial charge in [-0.25, -0.2) is 9.97 Å². The maximum Gasteiger partial charge on any atom is 0.138 e. The van der Waals surface area contributed by atoms with Gasteiger partial charge in [0.25, 0.3) is 0 Å². The lowest BCUT2D eigenvalue weighted by Gasteiger charge is -2.08. The smallest absolute Gasteiger partial charge is 0.138 e. The Morgan fingerprint density at radius 2 is 2.05 bits per heavy atom. The van der Waals surface area contributed by atoms with Gasteiger partial charge in [0.2, 0.25) is 0 Å². The molecule has 0 aromatic carbocycles. The number of pyridine rings is 1. The highest BCUT2D eigenvalue weighted by atomic mass is 15.1. The first-order valence-electron chi connectivity index (χ1n) is 6.86. The fourth-order valence-corrected chi connectivity index (χ4v) is 2.28. The highest BCUT2D eigenvalue weighted by molar-refractivity contribution is 5.45. The highest BCUT2D eigenvalue weighted by Gasteiger charge is 2.06. The molecule has 3 heterocycles. The van der Waals surface area contributed by atoms with Gasteiger partial charge in [-0.3, -0.25) is 9.67 Å². The minimum atomic E-state index is 0.735. The zero-order valence-corrected chi connectivity index (χ0v) is 12.4. The van der Waals surface area contributed by atoms with Gasteiger partial charge in [-0.05, 0) is 32.9 Å². The number of nitrogens with one attached hydrogen (secondary N) is 2. The molecule has 0 amide bonds. The maximum atomic E-state index is 4.46. The van der Waals surface area contributed by atoms with Crippen molar-refractivity contribution in [3.8, 4) is 5.82 Å². The molecule has 0 spiro atoms. The molecule has 0 unspecified atom stereocenters. The van der Waals surface area contributed by atoms with Gasteiger partial charge in [-0.15, -0.1) is 0 Å². The van der Waals surface area contributed by atoms with Crippen LogP contribution in [0, 0.1) is 20.8 Å². The first-order chi connectivity index (χ1) is 10.1. The minimum Gasteiger partial charge on any atom is -0.380 e. The fourth-order valence-electron chi connectivity index (χ4n) is 2.28. The molecule has 3 rings (SSSR count). The van der Waals surface area contributed by atoms with E-state index < -0.39 is 0 Å². The molecular formula is C15H18N6. The molecule has 0 aliphatic heterocycles. The quantitative estimate of drug-likeness (QED) is 0.771. The number of nitrogens with zero attached hydrogens (tertiary/aromatic N) is 4. The van der Waals surface area contributed by atoms with E-state index in [0.29, 0.717) is 0 Å². The second-order valence-corrected chi connectivity index (χ2v) is 5.02. The Hall–Kier alpha value is -2.63. The van der Waals surface area contributed by atoms with Crippen LogP contribution in [0.25, 0.3) is 5.82 Å². The third-order valence-electron chi connectivity index (χ3n) is 3.57. The molecule has 0 aliphatic carbocycles. The molecule has 0 saturated carbocycles. The predicted octanol–water partition coefficient (Wildman–Crippen LogP) is 2.53. The van der Waals surface area contributed by atoms with Gasteiger partial charge in [0.1, 0.15) is 11.6 Å². The van der Waals surface area contributed by atoms with E-state index in [1.54, 1.807) is 6.20 Å². The summed E-state index contributed by atoms with van der Waals surface area (Å²) in [5.41, 5.74) is 4.30. The van der Waals surface area contributed by atoms with Crippen molar-refractivity contribution in [3.63, 3.8) is 0 Å². The third kappa shape index (κ3) is 2.65. The summed E-state index contributed by atoms with van der Waals surface area (Å²) in [4.78, 5) is 8.67. The molecule has 0 fully saturated rings. The minimum absolute atomic E-state index is 0.735. The van der Waals surface area contributed by atoms with E-state index in [-0.39, 0.29) is 0 Å². The van der Waals surface area contributed by atoms with Crippen molar-refractivity contribution in [3.05, 3.63) is 53.5 Å². The number of anilines is 1. The van der Waals surface area contributed by atoms with Crippen molar-refractivity contribution in [2.45, 2.75) is 27.3 Å². The molecule has 3 aromatic rings. The molecule has 0 aliphatic rings. The molecule has 0 atom stereocenters. The Balaban J connectivity index is 1.72. The molecule has 6 heteroatoms. The van der Waals surface area contributed by atoms with Gasteiger partial charge in [-0.2, -0.15) is 5.10 Å². The van der Waals surface area contributed by atoms with E-state index in [9.17, 15) is 0 Å². The normalized spacial score (nSPS) is 10.8. The number of rotatable bonds is 4. The van der Waals surface area contributed by atoms with E-state index in [1.165, 1.54) is 5.56 Å². The van der Waals surface area contributed by atoms with Gasteiger partial charge in [-0.1, -0.05) is 0 Å². The van der Waals surface area contributed by atoms with E-state index in [0.717, 1.165) is 35.3 Å². The summed E-state index contributed by atoms with van der Waals surface area (Å²) in [6, 6.07) is 4.00. The Morgan fingerprint density at radius 1 is 1.19 bits per heavy atom. The first kappa shape index (κ1) is 13.4. The number of imidazole rings is 1. The van der Waals surface area contributed by atoms with Crippen LogP contribution < -0.4 is 5.32 Å². The number of hydrogen-bond acceptors (Lipinski definition) is 4. The molecule has 6 nitrogen and oxygen atoms in total. The SMILES string of the molecule is Cc1n[nH]c(C)c1CNc1ccc(-n2ccnc2C)nc1. The summed E-state index contributed by atoms with van der Waals surface area (Å²) < 4.78 is 1.95. The molecule has 0 radical (unpaired) electrons. The van der Waals surface area contributed by atoms with Crippen LogP contribution in [0.15, 0.2) is 30.7 Å². The van der Waals surface area contributed by atoms with Crippen molar-refractivity contribution >= 4 is 5.69 Å². The number of H-pyrrole nitrogens is 1. The van der Waals surface area contributed by atoms with Crippen LogP contribution >= 0.6 is 0 Å². The average molecular weight is 282 g/mol. The average Bonchev–Trinajstić information content (AvgIpc) is 3.04. The lowest BCUT2D eigenvalue weighted by Crippen LogP contribution is -2.03. The van der Waals surface area contributed by atoms with Crippen molar-refractivity contribution in [2.24, 2.45) is 0 Å². The van der Waals surface area contributed by atoms with E-state index in [4.69, 9.17) is 0 Å². The molecule has 0 saturated heterocycles. The number of hydrogen-bond donors (Lipinski definition) is 2. The monoisotopic (exact) mass is 282 g/mol. The predicted molar refractivity (Wildman–Crippen MR) is 81.5 cm³/mol. The highest BCUT2D eigenvalue weighted by Crippen LogP contribution is 2.15. The van der Waals surface area contributed by atoms with Crippen molar-refractivity contribution in [2.75, 3.05) is 5.32 Å². The van der Waals surface area contributed by atoms with E-state index >= 15 is 0 Å². The first-order valence-corrected chi connectivity index (χ1v) is 6.86. The summed E-state index contributed by atoms with van der Waals surface area (Å²) in [6.07, 6.45) is 5.51. The fraction of sp³-hybridized carbons (Fsp3) is 0.267. The van der Waals surface area contributed by atoms with Gasteiger partial charge < -0.3 is 5.32 Å². The zero-order valence-electron chi connectivity index (χ0n) is 12.4. The Kier molecular flexibility index (Phi) is 3.43. The summed E-state index contributed by atoms with van der Waals surface area (Å²) in [6.45, 7) is 6.72. The van der Waals surface area contributed by atoms with E-state index in [1.807, 2.05) is 49.9 Å².